The minimum absolute atomic E-state index is 0.765. The fourth-order valence-corrected chi connectivity index (χ4v) is 2.86. The zero-order valence-electron chi connectivity index (χ0n) is 12.4. The van der Waals surface area contributed by atoms with Crippen molar-refractivity contribution in [3.63, 3.8) is 0 Å². The van der Waals surface area contributed by atoms with E-state index in [1.54, 1.807) is 6.33 Å². The third-order valence-electron chi connectivity index (χ3n) is 3.72. The molecule has 0 spiro atoms. The summed E-state index contributed by atoms with van der Waals surface area (Å²) in [5.41, 5.74) is 1.29. The molecule has 1 saturated heterocycles. The standard InChI is InChI=1S/C15H26N4/c1-4-7-13-14(16-5-2)17-11-18-15(13)19-9-6-8-12(3)10-19/h11-12H,4-10H2,1-3H3,(H,16,17,18). The lowest BCUT2D eigenvalue weighted by Crippen LogP contribution is -2.35. The molecule has 1 aliphatic rings. The van der Waals surface area contributed by atoms with Crippen LogP contribution in [0.25, 0.3) is 0 Å². The summed E-state index contributed by atoms with van der Waals surface area (Å²) in [5.74, 6) is 2.94. The van der Waals surface area contributed by atoms with Gasteiger partial charge in [-0.1, -0.05) is 20.3 Å². The molecule has 1 fully saturated rings. The number of aromatic nitrogens is 2. The molecule has 1 aliphatic heterocycles. The second kappa shape index (κ2) is 6.73. The van der Waals surface area contributed by atoms with Gasteiger partial charge in [0.2, 0.25) is 0 Å². The summed E-state index contributed by atoms with van der Waals surface area (Å²) in [7, 11) is 0. The van der Waals surface area contributed by atoms with Crippen LogP contribution < -0.4 is 10.2 Å². The van der Waals surface area contributed by atoms with Crippen molar-refractivity contribution in [2.24, 2.45) is 5.92 Å². The maximum atomic E-state index is 4.57. The van der Waals surface area contributed by atoms with E-state index in [4.69, 9.17) is 0 Å². The number of hydrogen-bond acceptors (Lipinski definition) is 4. The van der Waals surface area contributed by atoms with Crippen molar-refractivity contribution in [1.82, 2.24) is 9.97 Å². The molecule has 2 heterocycles. The third kappa shape index (κ3) is 3.37. The van der Waals surface area contributed by atoms with Gasteiger partial charge in [-0.15, -0.1) is 0 Å². The lowest BCUT2D eigenvalue weighted by atomic mass is 9.99. The molecule has 106 valence electrons. The zero-order valence-corrected chi connectivity index (χ0v) is 12.4. The van der Waals surface area contributed by atoms with Gasteiger partial charge in [0.05, 0.1) is 0 Å². The molecule has 0 saturated carbocycles. The first kappa shape index (κ1) is 14.1. The first-order valence-electron chi connectivity index (χ1n) is 7.58. The molecule has 4 nitrogen and oxygen atoms in total. The van der Waals surface area contributed by atoms with Crippen LogP contribution >= 0.6 is 0 Å². The highest BCUT2D eigenvalue weighted by molar-refractivity contribution is 5.59. The lowest BCUT2D eigenvalue weighted by Gasteiger charge is -2.33. The smallest absolute Gasteiger partial charge is 0.137 e. The summed E-state index contributed by atoms with van der Waals surface area (Å²) in [6.07, 6.45) is 6.48. The molecule has 1 aromatic heterocycles. The van der Waals surface area contributed by atoms with Gasteiger partial charge in [-0.3, -0.25) is 0 Å². The molecule has 1 unspecified atom stereocenters. The molecule has 1 aromatic rings. The van der Waals surface area contributed by atoms with Gasteiger partial charge in [-0.2, -0.15) is 0 Å². The van der Waals surface area contributed by atoms with Gasteiger partial charge in [0.1, 0.15) is 18.0 Å². The Bertz CT molecular complexity index is 405. The van der Waals surface area contributed by atoms with Crippen LogP contribution in [0.2, 0.25) is 0 Å². The first-order chi connectivity index (χ1) is 9.26. The molecular formula is C15H26N4. The van der Waals surface area contributed by atoms with Crippen LogP contribution in [-0.2, 0) is 6.42 Å². The Kier molecular flexibility index (Phi) is 5.00. The fraction of sp³-hybridized carbons (Fsp3) is 0.733. The Morgan fingerprint density at radius 1 is 1.37 bits per heavy atom. The second-order valence-electron chi connectivity index (χ2n) is 5.50. The summed E-state index contributed by atoms with van der Waals surface area (Å²) in [4.78, 5) is 11.4. The predicted molar refractivity (Wildman–Crippen MR) is 80.8 cm³/mol. The normalized spacial score (nSPS) is 19.5. The van der Waals surface area contributed by atoms with Crippen LogP contribution in [0, 0.1) is 5.92 Å². The van der Waals surface area contributed by atoms with Crippen LogP contribution in [0.4, 0.5) is 11.6 Å². The predicted octanol–water partition coefficient (Wildman–Crippen LogP) is 3.10. The summed E-state index contributed by atoms with van der Waals surface area (Å²) in [6, 6.07) is 0. The van der Waals surface area contributed by atoms with E-state index in [-0.39, 0.29) is 0 Å². The van der Waals surface area contributed by atoms with Crippen molar-refractivity contribution >= 4 is 11.6 Å². The van der Waals surface area contributed by atoms with Crippen LogP contribution in [0.1, 0.15) is 45.6 Å². The Hall–Kier alpha value is -1.32. The summed E-state index contributed by atoms with van der Waals surface area (Å²) < 4.78 is 0. The second-order valence-corrected chi connectivity index (χ2v) is 5.50. The molecular weight excluding hydrogens is 236 g/mol. The van der Waals surface area contributed by atoms with Crippen molar-refractivity contribution in [3.8, 4) is 0 Å². The molecule has 0 aromatic carbocycles. The van der Waals surface area contributed by atoms with Crippen molar-refractivity contribution in [2.45, 2.75) is 46.5 Å². The fourth-order valence-electron chi connectivity index (χ4n) is 2.86. The molecule has 2 rings (SSSR count). The van der Waals surface area contributed by atoms with E-state index in [0.717, 1.165) is 50.0 Å². The third-order valence-corrected chi connectivity index (χ3v) is 3.72. The van der Waals surface area contributed by atoms with Crippen LogP contribution in [0.5, 0.6) is 0 Å². The van der Waals surface area contributed by atoms with E-state index >= 15 is 0 Å². The van der Waals surface area contributed by atoms with Gasteiger partial charge in [-0.25, -0.2) is 9.97 Å². The van der Waals surface area contributed by atoms with Gasteiger partial charge in [0, 0.05) is 25.2 Å². The Morgan fingerprint density at radius 2 is 2.21 bits per heavy atom. The van der Waals surface area contributed by atoms with E-state index in [0.29, 0.717) is 0 Å². The Labute approximate surface area is 116 Å². The number of nitrogens with zero attached hydrogens (tertiary/aromatic N) is 3. The number of nitrogens with one attached hydrogen (secondary N) is 1. The van der Waals surface area contributed by atoms with E-state index in [1.165, 1.54) is 18.4 Å². The van der Waals surface area contributed by atoms with Gasteiger partial charge in [0.25, 0.3) is 0 Å². The van der Waals surface area contributed by atoms with Gasteiger partial charge in [-0.05, 0) is 32.1 Å². The van der Waals surface area contributed by atoms with Crippen molar-refractivity contribution in [1.29, 1.82) is 0 Å². The highest BCUT2D eigenvalue weighted by Crippen LogP contribution is 2.28. The van der Waals surface area contributed by atoms with Gasteiger partial charge < -0.3 is 10.2 Å². The average molecular weight is 262 g/mol. The lowest BCUT2D eigenvalue weighted by molar-refractivity contribution is 0.443. The Balaban J connectivity index is 2.29. The SMILES string of the molecule is CCCc1c(NCC)ncnc1N1CCCC(C)C1. The van der Waals surface area contributed by atoms with Crippen LogP contribution in [0.3, 0.4) is 0 Å². The number of piperidine rings is 1. The molecule has 1 atom stereocenters. The van der Waals surface area contributed by atoms with Gasteiger partial charge in [0.15, 0.2) is 0 Å². The molecule has 0 bridgehead atoms. The van der Waals surface area contributed by atoms with E-state index in [2.05, 4.69) is 41.0 Å². The van der Waals surface area contributed by atoms with Gasteiger partial charge >= 0.3 is 0 Å². The largest absolute Gasteiger partial charge is 0.370 e. The van der Waals surface area contributed by atoms with E-state index in [1.807, 2.05) is 0 Å². The maximum absolute atomic E-state index is 4.57. The molecule has 1 N–H and O–H groups in total. The highest BCUT2D eigenvalue weighted by atomic mass is 15.2. The molecule has 4 heteroatoms. The number of rotatable bonds is 5. The number of hydrogen-bond donors (Lipinski definition) is 1. The van der Waals surface area contributed by atoms with Crippen LogP contribution in [0.15, 0.2) is 6.33 Å². The molecule has 0 amide bonds. The minimum atomic E-state index is 0.765. The molecule has 0 aliphatic carbocycles. The topological polar surface area (TPSA) is 41.1 Å². The monoisotopic (exact) mass is 262 g/mol. The van der Waals surface area contributed by atoms with Crippen LogP contribution in [-0.4, -0.2) is 29.6 Å². The minimum Gasteiger partial charge on any atom is -0.370 e. The quantitative estimate of drug-likeness (QED) is 0.885. The Morgan fingerprint density at radius 3 is 2.89 bits per heavy atom. The summed E-state index contributed by atoms with van der Waals surface area (Å²) in [5, 5.41) is 3.37. The van der Waals surface area contributed by atoms with Crippen molar-refractivity contribution in [3.05, 3.63) is 11.9 Å². The first-order valence-corrected chi connectivity index (χ1v) is 7.58. The average Bonchev–Trinajstić information content (AvgIpc) is 2.41. The summed E-state index contributed by atoms with van der Waals surface area (Å²) >= 11 is 0. The highest BCUT2D eigenvalue weighted by Gasteiger charge is 2.21. The zero-order chi connectivity index (χ0) is 13.7. The van der Waals surface area contributed by atoms with Crippen molar-refractivity contribution < 1.29 is 0 Å². The summed E-state index contributed by atoms with van der Waals surface area (Å²) in [6.45, 7) is 9.82. The van der Waals surface area contributed by atoms with Crippen molar-refractivity contribution in [2.75, 3.05) is 29.9 Å². The molecule has 0 radical (unpaired) electrons. The number of anilines is 2. The van der Waals surface area contributed by atoms with E-state index in [9.17, 15) is 0 Å². The maximum Gasteiger partial charge on any atom is 0.137 e. The molecule has 19 heavy (non-hydrogen) atoms. The van der Waals surface area contributed by atoms with E-state index < -0.39 is 0 Å².